The van der Waals surface area contributed by atoms with Crippen molar-refractivity contribution in [2.75, 3.05) is 26.7 Å². The lowest BCUT2D eigenvalue weighted by Gasteiger charge is -2.22. The zero-order valence-electron chi connectivity index (χ0n) is 11.1. The highest BCUT2D eigenvalue weighted by molar-refractivity contribution is 5.79. The minimum absolute atomic E-state index is 0.339. The normalized spacial score (nSPS) is 27.1. The largest absolute Gasteiger partial charge is 0.342 e. The summed E-state index contributed by atoms with van der Waals surface area (Å²) in [7, 11) is 2.00. The van der Waals surface area contributed by atoms with Gasteiger partial charge in [-0.15, -0.1) is 0 Å². The van der Waals surface area contributed by atoms with E-state index in [9.17, 15) is 4.79 Å². The summed E-state index contributed by atoms with van der Waals surface area (Å²) in [4.78, 5) is 14.5. The van der Waals surface area contributed by atoms with Crippen LogP contribution in [0.15, 0.2) is 0 Å². The van der Waals surface area contributed by atoms with Crippen molar-refractivity contribution in [3.8, 4) is 0 Å². The molecule has 0 aromatic heterocycles. The van der Waals surface area contributed by atoms with Gasteiger partial charge in [-0.3, -0.25) is 4.79 Å². The van der Waals surface area contributed by atoms with Crippen LogP contribution in [0.2, 0.25) is 0 Å². The van der Waals surface area contributed by atoms with Crippen LogP contribution in [0.25, 0.3) is 0 Å². The molecule has 2 rings (SSSR count). The van der Waals surface area contributed by atoms with Gasteiger partial charge < -0.3 is 10.2 Å². The van der Waals surface area contributed by atoms with Crippen molar-refractivity contribution in [3.63, 3.8) is 0 Å². The quantitative estimate of drug-likeness (QED) is 0.763. The van der Waals surface area contributed by atoms with E-state index in [-0.39, 0.29) is 0 Å². The highest BCUT2D eigenvalue weighted by atomic mass is 16.2. The van der Waals surface area contributed by atoms with Crippen LogP contribution in [0.1, 0.15) is 44.9 Å². The molecule has 17 heavy (non-hydrogen) atoms. The molecule has 0 radical (unpaired) electrons. The van der Waals surface area contributed by atoms with Gasteiger partial charge in [0.05, 0.1) is 0 Å². The van der Waals surface area contributed by atoms with Gasteiger partial charge in [0, 0.05) is 19.0 Å². The Morgan fingerprint density at radius 1 is 1.18 bits per heavy atom. The Morgan fingerprint density at radius 2 is 1.88 bits per heavy atom. The molecule has 2 aliphatic rings. The first kappa shape index (κ1) is 12.9. The number of likely N-dealkylation sites (tertiary alicyclic amines) is 1. The topological polar surface area (TPSA) is 32.3 Å². The molecule has 1 heterocycles. The molecule has 1 amide bonds. The molecule has 98 valence electrons. The van der Waals surface area contributed by atoms with Gasteiger partial charge in [-0.05, 0) is 38.8 Å². The predicted molar refractivity (Wildman–Crippen MR) is 69.8 cm³/mol. The zero-order valence-corrected chi connectivity index (χ0v) is 11.1. The second kappa shape index (κ2) is 6.39. The Morgan fingerprint density at radius 3 is 2.53 bits per heavy atom. The fraction of sp³-hybridized carbons (Fsp3) is 0.929. The maximum atomic E-state index is 12.4. The Bertz CT molecular complexity index is 247. The third-order valence-corrected chi connectivity index (χ3v) is 4.29. The van der Waals surface area contributed by atoms with E-state index in [4.69, 9.17) is 0 Å². The Hall–Kier alpha value is -0.570. The number of amides is 1. The SMILES string of the molecule is CNCC1CCN(C(=O)C2CCCCCC2)C1. The van der Waals surface area contributed by atoms with Crippen molar-refractivity contribution in [1.29, 1.82) is 0 Å². The molecule has 1 unspecified atom stereocenters. The highest BCUT2D eigenvalue weighted by Gasteiger charge is 2.30. The van der Waals surface area contributed by atoms with Gasteiger partial charge >= 0.3 is 0 Å². The molecule has 3 nitrogen and oxygen atoms in total. The van der Waals surface area contributed by atoms with E-state index >= 15 is 0 Å². The van der Waals surface area contributed by atoms with Crippen molar-refractivity contribution in [2.24, 2.45) is 11.8 Å². The standard InChI is InChI=1S/C14H26N2O/c1-15-10-12-8-9-16(11-12)14(17)13-6-4-2-3-5-7-13/h12-13,15H,2-11H2,1H3. The van der Waals surface area contributed by atoms with Crippen molar-refractivity contribution in [3.05, 3.63) is 0 Å². The van der Waals surface area contributed by atoms with Gasteiger partial charge in [0.2, 0.25) is 5.91 Å². The highest BCUT2D eigenvalue weighted by Crippen LogP contribution is 2.27. The van der Waals surface area contributed by atoms with Crippen LogP contribution in [0.4, 0.5) is 0 Å². The van der Waals surface area contributed by atoms with E-state index in [0.29, 0.717) is 17.7 Å². The predicted octanol–water partition coefficient (Wildman–Crippen LogP) is 2.02. The summed E-state index contributed by atoms with van der Waals surface area (Å²) < 4.78 is 0. The third kappa shape index (κ3) is 3.44. The summed E-state index contributed by atoms with van der Waals surface area (Å²) in [5.41, 5.74) is 0. The molecule has 0 spiro atoms. The molecule has 1 aliphatic carbocycles. The van der Waals surface area contributed by atoms with Crippen molar-refractivity contribution < 1.29 is 4.79 Å². The number of rotatable bonds is 3. The molecule has 1 aliphatic heterocycles. The maximum Gasteiger partial charge on any atom is 0.225 e. The monoisotopic (exact) mass is 238 g/mol. The molecular formula is C14H26N2O. The van der Waals surface area contributed by atoms with Gasteiger partial charge in [0.1, 0.15) is 0 Å². The fourth-order valence-electron chi connectivity index (χ4n) is 3.27. The van der Waals surface area contributed by atoms with Crippen LogP contribution >= 0.6 is 0 Å². The van der Waals surface area contributed by atoms with Crippen molar-refractivity contribution in [2.45, 2.75) is 44.9 Å². The molecule has 0 aromatic rings. The summed E-state index contributed by atoms with van der Waals surface area (Å²) in [5.74, 6) is 1.46. The lowest BCUT2D eigenvalue weighted by molar-refractivity contribution is -0.135. The Labute approximate surface area is 105 Å². The van der Waals surface area contributed by atoms with E-state index in [1.54, 1.807) is 0 Å². The first-order valence-corrected chi connectivity index (χ1v) is 7.24. The van der Waals surface area contributed by atoms with E-state index in [0.717, 1.165) is 32.5 Å². The molecule has 1 saturated carbocycles. The molecule has 0 bridgehead atoms. The van der Waals surface area contributed by atoms with Crippen LogP contribution in [0.5, 0.6) is 0 Å². The van der Waals surface area contributed by atoms with Gasteiger partial charge in [0.25, 0.3) is 0 Å². The summed E-state index contributed by atoms with van der Waals surface area (Å²) in [6.07, 6.45) is 8.60. The number of carbonyl (C=O) groups excluding carboxylic acids is 1. The molecule has 3 heteroatoms. The molecule has 1 atom stereocenters. The van der Waals surface area contributed by atoms with Crippen molar-refractivity contribution in [1.82, 2.24) is 10.2 Å². The number of nitrogens with one attached hydrogen (secondary N) is 1. The third-order valence-electron chi connectivity index (χ3n) is 4.29. The minimum atomic E-state index is 0.339. The average molecular weight is 238 g/mol. The molecular weight excluding hydrogens is 212 g/mol. The lowest BCUT2D eigenvalue weighted by atomic mass is 9.99. The van der Waals surface area contributed by atoms with E-state index in [1.165, 1.54) is 32.1 Å². The minimum Gasteiger partial charge on any atom is -0.342 e. The van der Waals surface area contributed by atoms with E-state index in [1.807, 2.05) is 7.05 Å². The molecule has 1 N–H and O–H groups in total. The number of hydrogen-bond acceptors (Lipinski definition) is 2. The van der Waals surface area contributed by atoms with Crippen LogP contribution in [0.3, 0.4) is 0 Å². The van der Waals surface area contributed by atoms with Gasteiger partial charge in [-0.25, -0.2) is 0 Å². The Balaban J connectivity index is 1.83. The number of carbonyl (C=O) groups is 1. The lowest BCUT2D eigenvalue weighted by Crippen LogP contribution is -2.35. The van der Waals surface area contributed by atoms with Crippen molar-refractivity contribution >= 4 is 5.91 Å². The van der Waals surface area contributed by atoms with Gasteiger partial charge in [0.15, 0.2) is 0 Å². The summed E-state index contributed by atoms with van der Waals surface area (Å²) in [5, 5.41) is 3.22. The van der Waals surface area contributed by atoms with Crippen LogP contribution < -0.4 is 5.32 Å². The van der Waals surface area contributed by atoms with E-state index < -0.39 is 0 Å². The molecule has 2 fully saturated rings. The van der Waals surface area contributed by atoms with Crippen LogP contribution in [-0.4, -0.2) is 37.5 Å². The smallest absolute Gasteiger partial charge is 0.225 e. The maximum absolute atomic E-state index is 12.4. The second-order valence-corrected chi connectivity index (χ2v) is 5.69. The van der Waals surface area contributed by atoms with Gasteiger partial charge in [-0.1, -0.05) is 25.7 Å². The first-order chi connectivity index (χ1) is 8.31. The summed E-state index contributed by atoms with van der Waals surface area (Å²) >= 11 is 0. The molecule has 1 saturated heterocycles. The first-order valence-electron chi connectivity index (χ1n) is 7.24. The summed E-state index contributed by atoms with van der Waals surface area (Å²) in [6, 6.07) is 0. The summed E-state index contributed by atoms with van der Waals surface area (Å²) in [6.45, 7) is 3.02. The molecule has 0 aromatic carbocycles. The van der Waals surface area contributed by atoms with Crippen LogP contribution in [-0.2, 0) is 4.79 Å². The number of hydrogen-bond donors (Lipinski definition) is 1. The van der Waals surface area contributed by atoms with Crippen LogP contribution in [0, 0.1) is 11.8 Å². The fourth-order valence-corrected chi connectivity index (χ4v) is 3.27. The Kier molecular flexibility index (Phi) is 4.84. The zero-order chi connectivity index (χ0) is 12.1. The average Bonchev–Trinajstić information content (AvgIpc) is 2.64. The van der Waals surface area contributed by atoms with Gasteiger partial charge in [-0.2, -0.15) is 0 Å². The van der Waals surface area contributed by atoms with E-state index in [2.05, 4.69) is 10.2 Å². The number of nitrogens with zero attached hydrogens (tertiary/aromatic N) is 1. The second-order valence-electron chi connectivity index (χ2n) is 5.69.